The van der Waals surface area contributed by atoms with Crippen molar-refractivity contribution in [3.05, 3.63) is 17.8 Å². The SMILES string of the molecule is CC1CCCC(Nc2ccc(N)c(C#N)n2)C1. The summed E-state index contributed by atoms with van der Waals surface area (Å²) in [6.45, 7) is 2.28. The number of nitrogens with zero attached hydrogens (tertiary/aromatic N) is 2. The van der Waals surface area contributed by atoms with Gasteiger partial charge in [-0.25, -0.2) is 4.98 Å². The Balaban J connectivity index is 2.06. The topological polar surface area (TPSA) is 74.7 Å². The highest BCUT2D eigenvalue weighted by Gasteiger charge is 2.19. The van der Waals surface area contributed by atoms with Crippen LogP contribution < -0.4 is 11.1 Å². The van der Waals surface area contributed by atoms with Crippen LogP contribution in [0.15, 0.2) is 12.1 Å². The van der Waals surface area contributed by atoms with Gasteiger partial charge < -0.3 is 11.1 Å². The first-order valence-corrected chi connectivity index (χ1v) is 6.12. The number of anilines is 2. The number of nitriles is 1. The number of aromatic nitrogens is 1. The minimum Gasteiger partial charge on any atom is -0.396 e. The van der Waals surface area contributed by atoms with E-state index in [1.165, 1.54) is 25.7 Å². The normalized spacial score (nSPS) is 24.0. The molecule has 2 rings (SSSR count). The van der Waals surface area contributed by atoms with E-state index in [-0.39, 0.29) is 0 Å². The van der Waals surface area contributed by atoms with E-state index < -0.39 is 0 Å². The fraction of sp³-hybridized carbons (Fsp3) is 0.538. The van der Waals surface area contributed by atoms with Gasteiger partial charge in [0, 0.05) is 6.04 Å². The summed E-state index contributed by atoms with van der Waals surface area (Å²) in [5.41, 5.74) is 6.39. The largest absolute Gasteiger partial charge is 0.396 e. The van der Waals surface area contributed by atoms with Gasteiger partial charge in [-0.05, 0) is 30.9 Å². The molecule has 1 fully saturated rings. The van der Waals surface area contributed by atoms with Crippen LogP contribution in [-0.2, 0) is 0 Å². The Morgan fingerprint density at radius 1 is 1.47 bits per heavy atom. The third kappa shape index (κ3) is 2.88. The van der Waals surface area contributed by atoms with Crippen molar-refractivity contribution in [3.8, 4) is 6.07 Å². The van der Waals surface area contributed by atoms with Gasteiger partial charge >= 0.3 is 0 Å². The molecule has 0 saturated heterocycles. The molecule has 1 heterocycles. The van der Waals surface area contributed by atoms with Crippen LogP contribution in [0.5, 0.6) is 0 Å². The molecule has 1 aliphatic carbocycles. The van der Waals surface area contributed by atoms with Crippen molar-refractivity contribution >= 4 is 11.5 Å². The number of hydrogen-bond acceptors (Lipinski definition) is 4. The zero-order valence-electron chi connectivity index (χ0n) is 10.1. The molecule has 1 aromatic heterocycles. The van der Waals surface area contributed by atoms with E-state index >= 15 is 0 Å². The van der Waals surface area contributed by atoms with Crippen LogP contribution in [-0.4, -0.2) is 11.0 Å². The van der Waals surface area contributed by atoms with Crippen molar-refractivity contribution in [2.75, 3.05) is 11.1 Å². The number of nitrogens with two attached hydrogens (primary N) is 1. The minimum atomic E-state index is 0.304. The van der Waals surface area contributed by atoms with Crippen LogP contribution in [0.3, 0.4) is 0 Å². The quantitative estimate of drug-likeness (QED) is 0.818. The second kappa shape index (κ2) is 5.05. The van der Waals surface area contributed by atoms with Gasteiger partial charge in [-0.15, -0.1) is 0 Å². The molecule has 2 atom stereocenters. The van der Waals surface area contributed by atoms with Crippen molar-refractivity contribution < 1.29 is 0 Å². The summed E-state index contributed by atoms with van der Waals surface area (Å²) < 4.78 is 0. The highest BCUT2D eigenvalue weighted by molar-refractivity contribution is 5.54. The monoisotopic (exact) mass is 230 g/mol. The molecule has 1 saturated carbocycles. The highest BCUT2D eigenvalue weighted by atomic mass is 15.0. The summed E-state index contributed by atoms with van der Waals surface area (Å²) in [7, 11) is 0. The predicted octanol–water partition coefficient (Wildman–Crippen LogP) is 2.53. The Morgan fingerprint density at radius 3 is 3.00 bits per heavy atom. The summed E-state index contributed by atoms with van der Waals surface area (Å²) >= 11 is 0. The Kier molecular flexibility index (Phi) is 3.48. The summed E-state index contributed by atoms with van der Waals surface area (Å²) in [6.07, 6.45) is 4.93. The Bertz CT molecular complexity index is 436. The summed E-state index contributed by atoms with van der Waals surface area (Å²) in [5.74, 6) is 1.53. The first-order valence-electron chi connectivity index (χ1n) is 6.12. The molecule has 90 valence electrons. The minimum absolute atomic E-state index is 0.304. The summed E-state index contributed by atoms with van der Waals surface area (Å²) in [4.78, 5) is 4.21. The fourth-order valence-electron chi connectivity index (χ4n) is 2.41. The molecular formula is C13H18N4. The molecule has 4 heteroatoms. The van der Waals surface area contributed by atoms with Crippen LogP contribution in [0.1, 0.15) is 38.3 Å². The van der Waals surface area contributed by atoms with E-state index in [9.17, 15) is 0 Å². The van der Waals surface area contributed by atoms with E-state index in [1.54, 1.807) is 6.07 Å². The van der Waals surface area contributed by atoms with Gasteiger partial charge in [-0.3, -0.25) is 0 Å². The third-order valence-electron chi connectivity index (χ3n) is 3.32. The van der Waals surface area contributed by atoms with Gasteiger partial charge in [0.05, 0.1) is 5.69 Å². The third-order valence-corrected chi connectivity index (χ3v) is 3.32. The number of hydrogen-bond donors (Lipinski definition) is 2. The number of nitrogen functional groups attached to an aromatic ring is 1. The smallest absolute Gasteiger partial charge is 0.165 e. The van der Waals surface area contributed by atoms with Gasteiger partial charge in [0.25, 0.3) is 0 Å². The Hall–Kier alpha value is -1.76. The van der Waals surface area contributed by atoms with Gasteiger partial charge in [0.1, 0.15) is 11.9 Å². The lowest BCUT2D eigenvalue weighted by atomic mass is 9.87. The first-order chi connectivity index (χ1) is 8.19. The van der Waals surface area contributed by atoms with Gasteiger partial charge in [0.15, 0.2) is 5.69 Å². The molecule has 0 amide bonds. The van der Waals surface area contributed by atoms with Crippen molar-refractivity contribution in [1.29, 1.82) is 5.26 Å². The van der Waals surface area contributed by atoms with Crippen LogP contribution >= 0.6 is 0 Å². The highest BCUT2D eigenvalue weighted by Crippen LogP contribution is 2.26. The lowest BCUT2D eigenvalue weighted by Gasteiger charge is -2.27. The zero-order chi connectivity index (χ0) is 12.3. The van der Waals surface area contributed by atoms with Crippen molar-refractivity contribution in [1.82, 2.24) is 4.98 Å². The second-order valence-corrected chi connectivity index (χ2v) is 4.86. The molecule has 1 aliphatic rings. The van der Waals surface area contributed by atoms with Crippen molar-refractivity contribution in [2.45, 2.75) is 38.6 Å². The lowest BCUT2D eigenvalue weighted by Crippen LogP contribution is -2.26. The van der Waals surface area contributed by atoms with Crippen molar-refractivity contribution in [2.24, 2.45) is 5.92 Å². The van der Waals surface area contributed by atoms with E-state index in [4.69, 9.17) is 11.0 Å². The first kappa shape index (κ1) is 11.7. The Morgan fingerprint density at radius 2 is 2.29 bits per heavy atom. The molecule has 3 N–H and O–H groups in total. The van der Waals surface area contributed by atoms with E-state index in [2.05, 4.69) is 17.2 Å². The molecule has 0 aliphatic heterocycles. The maximum Gasteiger partial charge on any atom is 0.165 e. The zero-order valence-corrected chi connectivity index (χ0v) is 10.1. The molecule has 4 nitrogen and oxygen atoms in total. The average Bonchev–Trinajstić information content (AvgIpc) is 2.32. The maximum atomic E-state index is 8.87. The summed E-state index contributed by atoms with van der Waals surface area (Å²) in [5, 5.41) is 12.3. The number of pyridine rings is 1. The van der Waals surface area contributed by atoms with Crippen LogP contribution in [0.2, 0.25) is 0 Å². The van der Waals surface area contributed by atoms with Gasteiger partial charge in [-0.2, -0.15) is 5.26 Å². The van der Waals surface area contributed by atoms with Crippen LogP contribution in [0.25, 0.3) is 0 Å². The predicted molar refractivity (Wildman–Crippen MR) is 68.4 cm³/mol. The van der Waals surface area contributed by atoms with Gasteiger partial charge in [0.2, 0.25) is 0 Å². The molecule has 0 aromatic carbocycles. The van der Waals surface area contributed by atoms with Crippen LogP contribution in [0.4, 0.5) is 11.5 Å². The number of rotatable bonds is 2. The molecule has 17 heavy (non-hydrogen) atoms. The van der Waals surface area contributed by atoms with Gasteiger partial charge in [-0.1, -0.05) is 19.8 Å². The molecule has 2 unspecified atom stereocenters. The van der Waals surface area contributed by atoms with E-state index in [1.807, 2.05) is 12.1 Å². The molecule has 0 bridgehead atoms. The molecule has 0 spiro atoms. The fourth-order valence-corrected chi connectivity index (χ4v) is 2.41. The average molecular weight is 230 g/mol. The Labute approximate surface area is 102 Å². The maximum absolute atomic E-state index is 8.87. The standard InChI is InChI=1S/C13H18N4/c1-9-3-2-4-10(7-9)16-13-6-5-11(15)12(8-14)17-13/h5-6,9-10H,2-4,7,15H2,1H3,(H,16,17). The molecule has 0 radical (unpaired) electrons. The van der Waals surface area contributed by atoms with Crippen LogP contribution in [0, 0.1) is 17.2 Å². The molecular weight excluding hydrogens is 212 g/mol. The van der Waals surface area contributed by atoms with E-state index in [0.29, 0.717) is 17.4 Å². The second-order valence-electron chi connectivity index (χ2n) is 4.86. The van der Waals surface area contributed by atoms with Crippen molar-refractivity contribution in [3.63, 3.8) is 0 Å². The number of nitrogens with one attached hydrogen (secondary N) is 1. The summed E-state index contributed by atoms with van der Waals surface area (Å²) in [6, 6.07) is 6.06. The lowest BCUT2D eigenvalue weighted by molar-refractivity contribution is 0.358. The van der Waals surface area contributed by atoms with E-state index in [0.717, 1.165) is 11.7 Å². The molecule has 1 aromatic rings.